The molecule has 0 aliphatic rings. The maximum Gasteiger partial charge on any atom is 3.00 e. The number of nitro benzene ring substituents is 1. The molecule has 18 nitrogen and oxygen atoms in total. The van der Waals surface area contributed by atoms with Gasteiger partial charge in [0.2, 0.25) is 10.0 Å². The van der Waals surface area contributed by atoms with Crippen LogP contribution in [0.4, 0.5) is 28.4 Å². The number of azo groups is 2. The quantitative estimate of drug-likeness (QED) is 0.0991. The van der Waals surface area contributed by atoms with Crippen LogP contribution in [0.15, 0.2) is 122 Å². The van der Waals surface area contributed by atoms with Crippen molar-refractivity contribution in [2.75, 3.05) is 0 Å². The normalized spacial score (nSPS) is 11.1. The van der Waals surface area contributed by atoms with Gasteiger partial charge in [0.1, 0.15) is 11.4 Å². The van der Waals surface area contributed by atoms with Crippen LogP contribution in [0.2, 0.25) is 0 Å². The smallest absolute Gasteiger partial charge is 0.871 e. The predicted molar refractivity (Wildman–Crippen MR) is 174 cm³/mol. The minimum absolute atomic E-state index is 0. The number of aromatic nitrogens is 4. The molecule has 0 saturated carbocycles. The molecular weight excluding hydrogens is 759 g/mol. The monoisotopic (exact) mass is 783 g/mol. The fourth-order valence-corrected chi connectivity index (χ4v) is 4.91. The number of nitro groups is 1. The van der Waals surface area contributed by atoms with E-state index in [2.05, 4.69) is 30.7 Å². The summed E-state index contributed by atoms with van der Waals surface area (Å²) in [5.41, 5.74) is 0.938. The maximum absolute atomic E-state index is 12.5. The van der Waals surface area contributed by atoms with Crippen molar-refractivity contribution >= 4 is 38.5 Å². The van der Waals surface area contributed by atoms with Gasteiger partial charge >= 0.3 is 46.9 Å². The van der Waals surface area contributed by atoms with E-state index in [1.807, 2.05) is 6.07 Å². The van der Waals surface area contributed by atoms with Crippen LogP contribution in [0.5, 0.6) is 23.3 Å². The Morgan fingerprint density at radius 3 is 1.49 bits per heavy atom. The zero-order chi connectivity index (χ0) is 36.9. The van der Waals surface area contributed by atoms with E-state index in [-0.39, 0.29) is 80.3 Å². The van der Waals surface area contributed by atoms with Crippen LogP contribution in [-0.4, -0.2) is 32.9 Å². The molecule has 0 unspecified atom stereocenters. The van der Waals surface area contributed by atoms with E-state index in [0.717, 1.165) is 36.4 Å². The number of rotatable bonds is 8. The number of sulfonamides is 1. The minimum Gasteiger partial charge on any atom is -0.871 e. The van der Waals surface area contributed by atoms with E-state index in [1.165, 1.54) is 9.36 Å². The summed E-state index contributed by atoms with van der Waals surface area (Å²) in [6.45, 7) is 3.16. The topological polar surface area (TPSA) is 281 Å². The fourth-order valence-electron chi connectivity index (χ4n) is 4.37. The van der Waals surface area contributed by atoms with Crippen molar-refractivity contribution in [2.45, 2.75) is 18.7 Å². The summed E-state index contributed by atoms with van der Waals surface area (Å²) in [6.07, 6.45) is 0. The van der Waals surface area contributed by atoms with Crippen molar-refractivity contribution in [3.05, 3.63) is 119 Å². The third-order valence-electron chi connectivity index (χ3n) is 6.90. The molecule has 263 valence electrons. The number of nitrogens with two attached hydrogens (primary N) is 1. The second-order valence-electron chi connectivity index (χ2n) is 10.5. The van der Waals surface area contributed by atoms with E-state index in [0.29, 0.717) is 22.8 Å². The molecule has 6 aromatic rings. The molecule has 0 aliphatic heterocycles. The average molecular weight is 784 g/mol. The van der Waals surface area contributed by atoms with Gasteiger partial charge in [-0.2, -0.15) is 20.4 Å². The molecule has 0 aliphatic carbocycles. The molecule has 1 radical (unpaired) electrons. The van der Waals surface area contributed by atoms with Crippen LogP contribution in [0.25, 0.3) is 11.4 Å². The Morgan fingerprint density at radius 1 is 0.660 bits per heavy atom. The number of para-hydroxylation sites is 2. The van der Waals surface area contributed by atoms with E-state index < -0.39 is 38.2 Å². The maximum atomic E-state index is 12.5. The molecule has 2 aromatic heterocycles. The average Bonchev–Trinajstić information content (AvgIpc) is 3.56. The molecule has 2 N–H and O–H groups in total. The van der Waals surface area contributed by atoms with Crippen LogP contribution in [-0.2, 0) is 27.4 Å². The largest absolute Gasteiger partial charge is 3.00 e. The molecule has 53 heavy (non-hydrogen) atoms. The number of benzene rings is 4. The SMILES string of the molecule is Cc1nn(-c2ccccc2)c([O-])c1N=Nc1cc(S(N)(=O)=O)ccc1[O-].Cc1nn(-c2ccccc2)c([O-])c1N=Nc1cc([N+](=O)[O-])ccc1[O-].[Cr+3].[Na+]. The van der Waals surface area contributed by atoms with Gasteiger partial charge in [-0.3, -0.25) is 10.1 Å². The van der Waals surface area contributed by atoms with Gasteiger partial charge in [-0.05, 0) is 50.2 Å². The second kappa shape index (κ2) is 17.8. The first kappa shape index (κ1) is 42.0. The van der Waals surface area contributed by atoms with Crippen LogP contribution in [0.1, 0.15) is 11.4 Å². The first-order valence-electron chi connectivity index (χ1n) is 14.5. The number of nitrogens with zero attached hydrogens (tertiary/aromatic N) is 9. The fraction of sp³-hybridized carbons (Fsp3) is 0.0625. The molecule has 2 heterocycles. The number of aryl methyl sites for hydroxylation is 2. The molecule has 0 atom stereocenters. The molecular formula is C32H24CrN10NaO8S. The molecule has 21 heteroatoms. The van der Waals surface area contributed by atoms with Crippen molar-refractivity contribution < 1.29 is 80.7 Å². The Bertz CT molecular complexity index is 2410. The summed E-state index contributed by atoms with van der Waals surface area (Å²) in [5, 5.41) is 87.5. The van der Waals surface area contributed by atoms with E-state index in [9.17, 15) is 39.0 Å². The zero-order valence-electron chi connectivity index (χ0n) is 27.9. The van der Waals surface area contributed by atoms with Gasteiger partial charge in [0.15, 0.2) is 0 Å². The summed E-state index contributed by atoms with van der Waals surface area (Å²) >= 11 is 0. The molecule has 0 saturated heterocycles. The zero-order valence-corrected chi connectivity index (χ0v) is 32.0. The summed E-state index contributed by atoms with van der Waals surface area (Å²) in [5.74, 6) is -2.09. The van der Waals surface area contributed by atoms with Crippen LogP contribution >= 0.6 is 0 Å². The summed E-state index contributed by atoms with van der Waals surface area (Å²) in [6, 6.07) is 23.7. The molecule has 0 bridgehead atoms. The summed E-state index contributed by atoms with van der Waals surface area (Å²) in [7, 11) is -3.99. The third-order valence-corrected chi connectivity index (χ3v) is 7.82. The van der Waals surface area contributed by atoms with Gasteiger partial charge in [-0.1, -0.05) is 60.0 Å². The van der Waals surface area contributed by atoms with Gasteiger partial charge in [-0.15, -0.1) is 10.2 Å². The summed E-state index contributed by atoms with van der Waals surface area (Å²) < 4.78 is 25.1. The Balaban J connectivity index is 0.000000275. The van der Waals surface area contributed by atoms with Gasteiger partial charge in [0, 0.05) is 23.9 Å². The van der Waals surface area contributed by atoms with Gasteiger partial charge in [0.05, 0.1) is 44.0 Å². The number of primary sulfonamides is 1. The van der Waals surface area contributed by atoms with Crippen molar-refractivity contribution in [3.8, 4) is 34.6 Å². The van der Waals surface area contributed by atoms with E-state index in [4.69, 9.17) is 5.14 Å². The van der Waals surface area contributed by atoms with Gasteiger partial charge in [-0.25, -0.2) is 22.9 Å². The second-order valence-corrected chi connectivity index (χ2v) is 12.0. The van der Waals surface area contributed by atoms with Crippen molar-refractivity contribution in [1.29, 1.82) is 0 Å². The number of hydrogen-bond acceptors (Lipinski definition) is 14. The van der Waals surface area contributed by atoms with Crippen LogP contribution in [0.3, 0.4) is 0 Å². The van der Waals surface area contributed by atoms with Crippen molar-refractivity contribution in [1.82, 2.24) is 19.6 Å². The molecule has 0 spiro atoms. The van der Waals surface area contributed by atoms with E-state index >= 15 is 0 Å². The van der Waals surface area contributed by atoms with E-state index in [1.54, 1.807) is 68.4 Å². The number of non-ortho nitro benzene ring substituents is 1. The Labute approximate surface area is 334 Å². The standard InChI is InChI=1S/C16H15N5O4S.C16H13N5O4.Cr.Na/c1-10-15(16(23)21(20-10)11-5-3-2-4-6-11)19-18-13-9-12(26(17,24)25)7-8-14(13)22;1-10-15(16(23)20(19-10)11-5-3-2-4-6-11)18-17-13-9-12(21(24)25)7-8-14(13)22;;/h2-9,22-23H,1H3,(H2,17,24,25);2-9,22-23H,1H3;;/q;;+3;+1/p-4. The molecule has 4 aromatic carbocycles. The van der Waals surface area contributed by atoms with Crippen LogP contribution in [0, 0.1) is 24.0 Å². The molecule has 0 fully saturated rings. The molecule has 0 amide bonds. The first-order valence-corrected chi connectivity index (χ1v) is 16.1. The Hall–Kier alpha value is -5.46. The van der Waals surface area contributed by atoms with Crippen LogP contribution < -0.4 is 55.1 Å². The van der Waals surface area contributed by atoms with Crippen molar-refractivity contribution in [2.24, 2.45) is 25.6 Å². The Morgan fingerprint density at radius 2 is 1.08 bits per heavy atom. The van der Waals surface area contributed by atoms with Gasteiger partial charge in [0.25, 0.3) is 5.69 Å². The third kappa shape index (κ3) is 9.91. The number of hydrogen-bond donors (Lipinski definition) is 1. The first-order chi connectivity index (χ1) is 24.2. The Kier molecular flexibility index (Phi) is 14.1. The summed E-state index contributed by atoms with van der Waals surface area (Å²) in [4.78, 5) is 9.86. The van der Waals surface area contributed by atoms with Crippen molar-refractivity contribution in [3.63, 3.8) is 0 Å². The predicted octanol–water partition coefficient (Wildman–Crippen LogP) is 1.04. The van der Waals surface area contributed by atoms with Gasteiger partial charge < -0.3 is 20.4 Å². The minimum atomic E-state index is -3.99. The molecule has 6 rings (SSSR count).